The molecule has 1 aliphatic carbocycles. The third-order valence-corrected chi connectivity index (χ3v) is 1.49. The van der Waals surface area contributed by atoms with Crippen molar-refractivity contribution in [3.05, 3.63) is 0 Å². The van der Waals surface area contributed by atoms with Crippen LogP contribution < -0.4 is 5.43 Å². The molecule has 0 bridgehead atoms. The first-order chi connectivity index (χ1) is 3.97. The molecular formula is C5H9N3. The lowest BCUT2D eigenvalue weighted by atomic mass is 10.7. The van der Waals surface area contributed by atoms with Crippen LogP contribution in [0.3, 0.4) is 0 Å². The van der Waals surface area contributed by atoms with E-state index in [4.69, 9.17) is 0 Å². The molecule has 2 rings (SSSR count). The summed E-state index contributed by atoms with van der Waals surface area (Å²) >= 11 is 0. The van der Waals surface area contributed by atoms with E-state index in [9.17, 15) is 0 Å². The Balaban J connectivity index is 1.95. The molecule has 3 heteroatoms. The Morgan fingerprint density at radius 2 is 2.50 bits per heavy atom. The van der Waals surface area contributed by atoms with Crippen molar-refractivity contribution in [2.45, 2.75) is 18.9 Å². The summed E-state index contributed by atoms with van der Waals surface area (Å²) in [6, 6.07) is 0.765. The molecule has 0 aromatic rings. The average molecular weight is 111 g/mol. The summed E-state index contributed by atoms with van der Waals surface area (Å²) in [6.07, 6.45) is 4.55. The van der Waals surface area contributed by atoms with Gasteiger partial charge in [-0.2, -0.15) is 0 Å². The molecule has 1 fully saturated rings. The Kier molecular flexibility index (Phi) is 0.784. The number of hydrogen-bond acceptors (Lipinski definition) is 3. The lowest BCUT2D eigenvalue weighted by Crippen LogP contribution is -2.33. The second-order valence-corrected chi connectivity index (χ2v) is 2.25. The highest BCUT2D eigenvalue weighted by Gasteiger charge is 2.28. The monoisotopic (exact) mass is 111 g/mol. The summed E-state index contributed by atoms with van der Waals surface area (Å²) in [4.78, 5) is 4.02. The van der Waals surface area contributed by atoms with Crippen molar-refractivity contribution in [3.8, 4) is 0 Å². The summed E-state index contributed by atoms with van der Waals surface area (Å²) < 4.78 is 0. The van der Waals surface area contributed by atoms with Crippen molar-refractivity contribution in [2.75, 3.05) is 6.67 Å². The fraction of sp³-hybridized carbons (Fsp3) is 0.800. The molecule has 2 aliphatic rings. The molecule has 44 valence electrons. The van der Waals surface area contributed by atoms with Crippen LogP contribution in [0.2, 0.25) is 0 Å². The lowest BCUT2D eigenvalue weighted by Gasteiger charge is -2.10. The van der Waals surface area contributed by atoms with Gasteiger partial charge in [-0.15, -0.1) is 0 Å². The fourth-order valence-corrected chi connectivity index (χ4v) is 0.868. The van der Waals surface area contributed by atoms with Gasteiger partial charge in [0.05, 0.1) is 0 Å². The van der Waals surface area contributed by atoms with Crippen molar-refractivity contribution < 1.29 is 0 Å². The van der Waals surface area contributed by atoms with E-state index in [0.29, 0.717) is 0 Å². The fourth-order valence-electron chi connectivity index (χ4n) is 0.868. The molecule has 1 N–H and O–H groups in total. The van der Waals surface area contributed by atoms with Gasteiger partial charge in [0.25, 0.3) is 0 Å². The highest BCUT2D eigenvalue weighted by molar-refractivity contribution is 5.56. The molecule has 0 aromatic carbocycles. The van der Waals surface area contributed by atoms with Gasteiger partial charge in [-0.1, -0.05) is 0 Å². The Morgan fingerprint density at radius 3 is 3.00 bits per heavy atom. The Morgan fingerprint density at radius 1 is 1.62 bits per heavy atom. The molecule has 8 heavy (non-hydrogen) atoms. The van der Waals surface area contributed by atoms with Crippen LogP contribution in [0.1, 0.15) is 12.8 Å². The van der Waals surface area contributed by atoms with E-state index in [1.54, 1.807) is 0 Å². The van der Waals surface area contributed by atoms with Gasteiger partial charge >= 0.3 is 0 Å². The summed E-state index contributed by atoms with van der Waals surface area (Å²) in [6.45, 7) is 0.774. The normalized spacial score (nSPS) is 27.2. The third kappa shape index (κ3) is 0.591. The number of hydrazine groups is 1. The van der Waals surface area contributed by atoms with Crippen LogP contribution in [0, 0.1) is 0 Å². The van der Waals surface area contributed by atoms with E-state index in [2.05, 4.69) is 15.4 Å². The number of hydrogen-bond donors (Lipinski definition) is 1. The smallest absolute Gasteiger partial charge is 0.107 e. The molecule has 1 saturated carbocycles. The third-order valence-electron chi connectivity index (χ3n) is 1.49. The Labute approximate surface area is 48.4 Å². The van der Waals surface area contributed by atoms with Gasteiger partial charge in [-0.25, -0.2) is 5.43 Å². The number of nitrogens with zero attached hydrogens (tertiary/aromatic N) is 2. The second kappa shape index (κ2) is 1.45. The number of nitrogens with one attached hydrogen (secondary N) is 1. The van der Waals surface area contributed by atoms with E-state index < -0.39 is 0 Å². The van der Waals surface area contributed by atoms with Crippen LogP contribution in [0.15, 0.2) is 4.99 Å². The SMILES string of the molecule is C1=NCNN1C1CC1. The van der Waals surface area contributed by atoms with Crippen molar-refractivity contribution in [3.63, 3.8) is 0 Å². The Hall–Kier alpha value is -0.570. The molecule has 0 spiro atoms. The van der Waals surface area contributed by atoms with Gasteiger partial charge in [0.15, 0.2) is 0 Å². The van der Waals surface area contributed by atoms with Crippen molar-refractivity contribution in [1.29, 1.82) is 0 Å². The van der Waals surface area contributed by atoms with Gasteiger partial charge in [0.2, 0.25) is 0 Å². The second-order valence-electron chi connectivity index (χ2n) is 2.25. The zero-order valence-electron chi connectivity index (χ0n) is 4.67. The number of rotatable bonds is 1. The van der Waals surface area contributed by atoms with E-state index in [1.165, 1.54) is 12.8 Å². The molecule has 0 aromatic heterocycles. The highest BCUT2D eigenvalue weighted by Crippen LogP contribution is 2.24. The topological polar surface area (TPSA) is 27.6 Å². The molecule has 1 heterocycles. The standard InChI is InChI=1S/C5H9N3/c1-2-5(1)8-4-6-3-7-8/h4-5,7H,1-3H2. The van der Waals surface area contributed by atoms with E-state index in [0.717, 1.165) is 12.7 Å². The molecule has 0 saturated heterocycles. The first kappa shape index (κ1) is 4.32. The van der Waals surface area contributed by atoms with Crippen molar-refractivity contribution in [2.24, 2.45) is 4.99 Å². The number of aliphatic imine (C=N–C) groups is 1. The zero-order chi connectivity index (χ0) is 5.40. The van der Waals surface area contributed by atoms with Gasteiger partial charge in [0, 0.05) is 6.04 Å². The molecule has 0 unspecified atom stereocenters. The molecule has 0 amide bonds. The zero-order valence-corrected chi connectivity index (χ0v) is 4.67. The summed E-state index contributed by atoms with van der Waals surface area (Å²) in [7, 11) is 0. The maximum atomic E-state index is 4.02. The predicted molar refractivity (Wildman–Crippen MR) is 31.4 cm³/mol. The Bertz CT molecular complexity index is 117. The quantitative estimate of drug-likeness (QED) is 0.514. The van der Waals surface area contributed by atoms with E-state index in [-0.39, 0.29) is 0 Å². The first-order valence-electron chi connectivity index (χ1n) is 2.98. The maximum Gasteiger partial charge on any atom is 0.107 e. The first-order valence-corrected chi connectivity index (χ1v) is 2.98. The van der Waals surface area contributed by atoms with Gasteiger partial charge in [0.1, 0.15) is 13.0 Å². The van der Waals surface area contributed by atoms with Crippen molar-refractivity contribution in [1.82, 2.24) is 10.4 Å². The minimum absolute atomic E-state index is 0.765. The van der Waals surface area contributed by atoms with Crippen LogP contribution in [0.5, 0.6) is 0 Å². The largest absolute Gasteiger partial charge is 0.294 e. The van der Waals surface area contributed by atoms with Crippen LogP contribution in [0.4, 0.5) is 0 Å². The van der Waals surface area contributed by atoms with Gasteiger partial charge in [-0.3, -0.25) is 10.0 Å². The van der Waals surface area contributed by atoms with Crippen LogP contribution in [0.25, 0.3) is 0 Å². The molecule has 0 radical (unpaired) electrons. The summed E-state index contributed by atoms with van der Waals surface area (Å²) in [5, 5.41) is 2.10. The maximum absolute atomic E-state index is 4.02. The summed E-state index contributed by atoms with van der Waals surface area (Å²) in [5.74, 6) is 0. The van der Waals surface area contributed by atoms with Crippen LogP contribution in [-0.4, -0.2) is 24.1 Å². The average Bonchev–Trinajstić information content (AvgIpc) is 2.49. The predicted octanol–water partition coefficient (Wildman–Crippen LogP) is -0.0452. The molecule has 1 aliphatic heterocycles. The molecule has 0 atom stereocenters. The van der Waals surface area contributed by atoms with Gasteiger partial charge < -0.3 is 0 Å². The molecule has 3 nitrogen and oxygen atoms in total. The lowest BCUT2D eigenvalue weighted by molar-refractivity contribution is 0.340. The minimum atomic E-state index is 0.765. The summed E-state index contributed by atoms with van der Waals surface area (Å²) in [5.41, 5.74) is 3.13. The minimum Gasteiger partial charge on any atom is -0.294 e. The van der Waals surface area contributed by atoms with E-state index >= 15 is 0 Å². The van der Waals surface area contributed by atoms with Gasteiger partial charge in [-0.05, 0) is 12.8 Å². The molecular weight excluding hydrogens is 102 g/mol. The van der Waals surface area contributed by atoms with Crippen LogP contribution in [-0.2, 0) is 0 Å². The van der Waals surface area contributed by atoms with E-state index in [1.807, 2.05) is 6.34 Å². The highest BCUT2D eigenvalue weighted by atomic mass is 15.6. The van der Waals surface area contributed by atoms with Crippen molar-refractivity contribution >= 4 is 6.34 Å². The van der Waals surface area contributed by atoms with Crippen LogP contribution >= 0.6 is 0 Å².